The summed E-state index contributed by atoms with van der Waals surface area (Å²) in [6.45, 7) is 4.14. The summed E-state index contributed by atoms with van der Waals surface area (Å²) in [7, 11) is 1.08. The van der Waals surface area contributed by atoms with Crippen molar-refractivity contribution in [1.82, 2.24) is 5.32 Å². The number of unbranched alkanes of at least 4 members (excludes halogenated alkanes) is 13. The average Bonchev–Trinajstić information content (AvgIpc) is 3.06. The van der Waals surface area contributed by atoms with E-state index < -0.39 is 32.7 Å². The van der Waals surface area contributed by atoms with Crippen LogP contribution in [0, 0.1) is 0 Å². The van der Waals surface area contributed by atoms with Gasteiger partial charge in [-0.25, -0.2) is 0 Å². The van der Waals surface area contributed by atoms with E-state index in [2.05, 4.69) is 60.8 Å². The number of amides is 1. The molecule has 0 aliphatic rings. The van der Waals surface area contributed by atoms with Gasteiger partial charge in [0.05, 0.1) is 39.9 Å². The highest BCUT2D eigenvalue weighted by Gasteiger charge is 2.29. The molecule has 0 aliphatic carbocycles. The highest BCUT2D eigenvalue weighted by atomic mass is 31.2. The van der Waals surface area contributed by atoms with Crippen molar-refractivity contribution in [2.45, 2.75) is 161 Å². The molecule has 1 amide bonds. The molecule has 292 valence electrons. The molecule has 0 rings (SSSR count). The van der Waals surface area contributed by atoms with Crippen LogP contribution >= 0.6 is 7.82 Å². The summed E-state index contributed by atoms with van der Waals surface area (Å²) in [6.07, 6.45) is 34.5. The van der Waals surface area contributed by atoms with Gasteiger partial charge in [0.1, 0.15) is 19.3 Å². The first-order valence-corrected chi connectivity index (χ1v) is 21.0. The minimum atomic E-state index is -4.67. The Bertz CT molecular complexity index is 977. The second-order valence-electron chi connectivity index (χ2n) is 14.4. The third-order valence-corrected chi connectivity index (χ3v) is 9.40. The summed E-state index contributed by atoms with van der Waals surface area (Å²) >= 11 is 0. The standard InChI is InChI=1S/C40H75N2O7P/c1-6-8-10-12-14-16-18-20-21-23-25-27-29-31-33-39(44)41-37(36-49-50(46,47)48-35-34-42(3,4)5)40(45)38(43)32-30-28-26-24-22-19-17-15-13-11-9-7-2/h7,9,15,17-18,20,24,26,37-38,40,43,45H,6,8,10-14,16,19,21-23,25,27-36H2,1-5H3,(H-,41,44,46,47)/b9-7+,17-15+,20-18-,26-24+. The van der Waals surface area contributed by atoms with Crippen LogP contribution < -0.4 is 10.2 Å². The van der Waals surface area contributed by atoms with Crippen LogP contribution in [0.15, 0.2) is 48.6 Å². The lowest BCUT2D eigenvalue weighted by Gasteiger charge is -2.31. The fourth-order valence-corrected chi connectivity index (χ4v) is 5.95. The van der Waals surface area contributed by atoms with Gasteiger partial charge in [-0.15, -0.1) is 0 Å². The van der Waals surface area contributed by atoms with E-state index in [4.69, 9.17) is 9.05 Å². The third kappa shape index (κ3) is 32.3. The fourth-order valence-electron chi connectivity index (χ4n) is 5.23. The predicted molar refractivity (Wildman–Crippen MR) is 207 cm³/mol. The molecule has 0 aromatic rings. The first-order valence-electron chi connectivity index (χ1n) is 19.5. The van der Waals surface area contributed by atoms with Crippen LogP contribution in [-0.2, 0) is 18.4 Å². The van der Waals surface area contributed by atoms with Crippen LogP contribution in [0.2, 0.25) is 0 Å². The topological polar surface area (TPSA) is 128 Å². The molecule has 4 atom stereocenters. The normalized spacial score (nSPS) is 15.8. The predicted octanol–water partition coefficient (Wildman–Crippen LogP) is 8.47. The number of likely N-dealkylation sites (N-methyl/N-ethyl adjacent to an activating group) is 1. The number of rotatable bonds is 34. The number of quaternary nitrogens is 1. The van der Waals surface area contributed by atoms with Gasteiger partial charge in [-0.3, -0.25) is 9.36 Å². The third-order valence-electron chi connectivity index (χ3n) is 8.43. The van der Waals surface area contributed by atoms with Crippen LogP contribution in [0.4, 0.5) is 0 Å². The Morgan fingerprint density at radius 1 is 0.740 bits per heavy atom. The van der Waals surface area contributed by atoms with Crippen LogP contribution in [-0.4, -0.2) is 79.8 Å². The number of carbonyl (C=O) groups is 1. The molecule has 0 fully saturated rings. The van der Waals surface area contributed by atoms with E-state index in [-0.39, 0.29) is 18.9 Å². The fraction of sp³-hybridized carbons (Fsp3) is 0.775. The van der Waals surface area contributed by atoms with Crippen molar-refractivity contribution < 1.29 is 38.0 Å². The Labute approximate surface area is 306 Å². The number of aliphatic hydroxyl groups is 2. The van der Waals surface area contributed by atoms with Gasteiger partial charge in [-0.1, -0.05) is 100 Å². The smallest absolute Gasteiger partial charge is 0.268 e. The number of hydrogen-bond acceptors (Lipinski definition) is 7. The van der Waals surface area contributed by atoms with E-state index in [0.29, 0.717) is 30.3 Å². The molecule has 0 radical (unpaired) electrons. The van der Waals surface area contributed by atoms with Crippen LogP contribution in [0.5, 0.6) is 0 Å². The summed E-state index contributed by atoms with van der Waals surface area (Å²) in [5.74, 6) is -0.308. The van der Waals surface area contributed by atoms with Gasteiger partial charge < -0.3 is 34.0 Å². The molecule has 0 saturated heterocycles. The van der Waals surface area contributed by atoms with Gasteiger partial charge in [0, 0.05) is 6.42 Å². The highest BCUT2D eigenvalue weighted by Crippen LogP contribution is 2.38. The first kappa shape index (κ1) is 48.4. The Balaban J connectivity index is 4.69. The van der Waals surface area contributed by atoms with Crippen LogP contribution in [0.1, 0.15) is 142 Å². The van der Waals surface area contributed by atoms with Crippen molar-refractivity contribution in [2.24, 2.45) is 0 Å². The number of phosphoric acid groups is 1. The Kier molecular flexibility index (Phi) is 31.1. The molecule has 0 aliphatic heterocycles. The van der Waals surface area contributed by atoms with Gasteiger partial charge in [-0.05, 0) is 84.0 Å². The number of hydrogen-bond donors (Lipinski definition) is 3. The largest absolute Gasteiger partial charge is 0.756 e. The average molecular weight is 727 g/mol. The molecule has 0 bridgehead atoms. The zero-order chi connectivity index (χ0) is 37.4. The maximum absolute atomic E-state index is 12.8. The molecule has 9 nitrogen and oxygen atoms in total. The minimum Gasteiger partial charge on any atom is -0.756 e. The summed E-state index contributed by atoms with van der Waals surface area (Å²) in [5.41, 5.74) is 0. The summed E-state index contributed by atoms with van der Waals surface area (Å²) < 4.78 is 23.0. The molecule has 50 heavy (non-hydrogen) atoms. The summed E-state index contributed by atoms with van der Waals surface area (Å²) in [5, 5.41) is 24.4. The SMILES string of the molecule is C/C=C/CC/C=C/CC/C=C/CCCC(O)C(O)C(COP(=O)([O-])OCC[N+](C)(C)C)NC(=O)CCCCCCC/C=C\CCCCCCC. The molecule has 0 aromatic heterocycles. The quantitative estimate of drug-likeness (QED) is 0.0263. The van der Waals surface area contributed by atoms with Gasteiger partial charge in [0.15, 0.2) is 0 Å². The number of nitrogens with one attached hydrogen (secondary N) is 1. The van der Waals surface area contributed by atoms with E-state index >= 15 is 0 Å². The summed E-state index contributed by atoms with van der Waals surface area (Å²) in [6, 6.07) is -1.10. The van der Waals surface area contributed by atoms with Crippen molar-refractivity contribution in [1.29, 1.82) is 0 Å². The van der Waals surface area contributed by atoms with Crippen LogP contribution in [0.25, 0.3) is 0 Å². The Morgan fingerprint density at radius 3 is 1.80 bits per heavy atom. The molecule has 0 heterocycles. The molecule has 0 spiro atoms. The molecular weight excluding hydrogens is 651 g/mol. The Morgan fingerprint density at radius 2 is 1.24 bits per heavy atom. The number of aliphatic hydroxyl groups excluding tert-OH is 2. The second kappa shape index (κ2) is 32.1. The molecular formula is C40H75N2O7P. The highest BCUT2D eigenvalue weighted by molar-refractivity contribution is 7.45. The van der Waals surface area contributed by atoms with Gasteiger partial charge in [0.2, 0.25) is 5.91 Å². The molecule has 0 aromatic carbocycles. The van der Waals surface area contributed by atoms with E-state index in [9.17, 15) is 24.5 Å². The lowest BCUT2D eigenvalue weighted by Crippen LogP contribution is -2.51. The maximum Gasteiger partial charge on any atom is 0.268 e. The van der Waals surface area contributed by atoms with E-state index in [0.717, 1.165) is 64.2 Å². The van der Waals surface area contributed by atoms with Gasteiger partial charge in [0.25, 0.3) is 7.82 Å². The minimum absolute atomic E-state index is 0.0533. The van der Waals surface area contributed by atoms with Crippen LogP contribution in [0.3, 0.4) is 0 Å². The molecule has 3 N–H and O–H groups in total. The monoisotopic (exact) mass is 727 g/mol. The zero-order valence-corrected chi connectivity index (χ0v) is 33.3. The van der Waals surface area contributed by atoms with Gasteiger partial charge >= 0.3 is 0 Å². The van der Waals surface area contributed by atoms with Crippen molar-refractivity contribution in [3.05, 3.63) is 48.6 Å². The second-order valence-corrected chi connectivity index (χ2v) is 15.8. The molecule has 0 saturated carbocycles. The lowest BCUT2D eigenvalue weighted by molar-refractivity contribution is -0.870. The summed E-state index contributed by atoms with van der Waals surface area (Å²) in [4.78, 5) is 25.2. The molecule has 10 heteroatoms. The van der Waals surface area contributed by atoms with Gasteiger partial charge in [-0.2, -0.15) is 0 Å². The number of phosphoric ester groups is 1. The number of carbonyl (C=O) groups excluding carboxylic acids is 1. The number of nitrogens with zero attached hydrogens (tertiary/aromatic N) is 1. The number of allylic oxidation sites excluding steroid dienone is 8. The molecule has 4 unspecified atom stereocenters. The van der Waals surface area contributed by atoms with E-state index in [1.165, 1.54) is 38.5 Å². The van der Waals surface area contributed by atoms with Crippen molar-refractivity contribution in [3.8, 4) is 0 Å². The Hall–Kier alpha value is -1.58. The van der Waals surface area contributed by atoms with Crippen molar-refractivity contribution in [3.63, 3.8) is 0 Å². The van der Waals surface area contributed by atoms with Crippen molar-refractivity contribution in [2.75, 3.05) is 40.9 Å². The maximum atomic E-state index is 12.8. The first-order chi connectivity index (χ1) is 23.9. The van der Waals surface area contributed by atoms with E-state index in [1.807, 2.05) is 28.1 Å². The van der Waals surface area contributed by atoms with E-state index in [1.54, 1.807) is 0 Å². The zero-order valence-electron chi connectivity index (χ0n) is 32.4. The lowest BCUT2D eigenvalue weighted by atomic mass is 10.0. The van der Waals surface area contributed by atoms with Crippen molar-refractivity contribution >= 4 is 13.7 Å².